The van der Waals surface area contributed by atoms with Crippen molar-refractivity contribution >= 4 is 22.9 Å². The molecular weight excluding hydrogens is 669 g/mol. The molecule has 55 heavy (non-hydrogen) atoms. The number of rotatable bonds is 9. The van der Waals surface area contributed by atoms with Crippen LogP contribution in [0, 0.1) is 0 Å². The van der Waals surface area contributed by atoms with Gasteiger partial charge in [-0.15, -0.1) is 0 Å². The first-order chi connectivity index (χ1) is 27.2. The second-order valence-corrected chi connectivity index (χ2v) is 13.4. The van der Waals surface area contributed by atoms with Gasteiger partial charge < -0.3 is 0 Å². The predicted molar refractivity (Wildman–Crippen MR) is 229 cm³/mol. The monoisotopic (exact) mass is 704 g/mol. The summed E-state index contributed by atoms with van der Waals surface area (Å²) in [5, 5.41) is 2.28. The number of para-hydroxylation sites is 1. The summed E-state index contributed by atoms with van der Waals surface area (Å²) < 4.78 is 2.13. The van der Waals surface area contributed by atoms with Gasteiger partial charge in [0.25, 0.3) is 0 Å². The van der Waals surface area contributed by atoms with Crippen LogP contribution >= 0.6 is 0 Å². The van der Waals surface area contributed by atoms with E-state index in [2.05, 4.69) is 175 Å². The number of nitrogens with zero attached hydrogens (tertiary/aromatic N) is 4. The van der Waals surface area contributed by atoms with Gasteiger partial charge in [-0.1, -0.05) is 177 Å². The minimum absolute atomic E-state index is 0.698. The van der Waals surface area contributed by atoms with Crippen molar-refractivity contribution in [2.75, 3.05) is 0 Å². The maximum absolute atomic E-state index is 5.18. The molecule has 9 rings (SSSR count). The van der Waals surface area contributed by atoms with Crippen LogP contribution in [0.4, 0.5) is 0 Å². The Labute approximate surface area is 321 Å². The van der Waals surface area contributed by atoms with Crippen LogP contribution < -0.4 is 0 Å². The van der Waals surface area contributed by atoms with E-state index in [1.165, 1.54) is 11.1 Å². The third kappa shape index (κ3) is 6.47. The molecule has 260 valence electrons. The fourth-order valence-electron chi connectivity index (χ4n) is 7.22. The van der Waals surface area contributed by atoms with E-state index >= 15 is 0 Å². The van der Waals surface area contributed by atoms with Gasteiger partial charge >= 0.3 is 0 Å². The van der Waals surface area contributed by atoms with Crippen molar-refractivity contribution in [3.8, 4) is 73.2 Å². The minimum atomic E-state index is 0.698. The first kappa shape index (κ1) is 33.4. The molecule has 0 aliphatic carbocycles. The van der Waals surface area contributed by atoms with E-state index in [1.807, 2.05) is 30.3 Å². The SMILES string of the molecule is C=Cc1nc(-c2ccc(-c3ccc(-c4cc(-c5ccc(-c6ccccc6)cc5)nc(-c5cccc6ccccc56)n4)cc3)cc2)n(-c2ccccc2)c1C=C. The summed E-state index contributed by atoms with van der Waals surface area (Å²) in [5.74, 6) is 1.54. The fraction of sp³-hybridized carbons (Fsp3) is 0. The molecular formula is C51H36N4. The van der Waals surface area contributed by atoms with E-state index in [4.69, 9.17) is 15.0 Å². The van der Waals surface area contributed by atoms with Crippen molar-refractivity contribution in [1.29, 1.82) is 0 Å². The molecule has 2 heterocycles. The van der Waals surface area contributed by atoms with E-state index < -0.39 is 0 Å². The molecule has 0 bridgehead atoms. The van der Waals surface area contributed by atoms with Crippen molar-refractivity contribution < 1.29 is 0 Å². The molecule has 0 spiro atoms. The topological polar surface area (TPSA) is 43.6 Å². The Balaban J connectivity index is 1.07. The third-order valence-corrected chi connectivity index (χ3v) is 10.0. The molecule has 0 aliphatic heterocycles. The van der Waals surface area contributed by atoms with Gasteiger partial charge in [0.2, 0.25) is 0 Å². The van der Waals surface area contributed by atoms with Crippen LogP contribution in [-0.4, -0.2) is 19.5 Å². The number of aromatic nitrogens is 4. The Morgan fingerprint density at radius 2 is 0.909 bits per heavy atom. The van der Waals surface area contributed by atoms with Crippen LogP contribution in [0.2, 0.25) is 0 Å². The average Bonchev–Trinajstić information content (AvgIpc) is 3.66. The van der Waals surface area contributed by atoms with Crippen LogP contribution in [0.1, 0.15) is 11.4 Å². The molecule has 0 radical (unpaired) electrons. The number of hydrogen-bond donors (Lipinski definition) is 0. The number of benzene rings is 7. The van der Waals surface area contributed by atoms with Gasteiger partial charge in [0.1, 0.15) is 5.82 Å². The normalized spacial score (nSPS) is 11.1. The van der Waals surface area contributed by atoms with Crippen molar-refractivity contribution in [2.24, 2.45) is 0 Å². The second-order valence-electron chi connectivity index (χ2n) is 13.4. The highest BCUT2D eigenvalue weighted by Crippen LogP contribution is 2.34. The first-order valence-electron chi connectivity index (χ1n) is 18.3. The summed E-state index contributed by atoms with van der Waals surface area (Å²) >= 11 is 0. The summed E-state index contributed by atoms with van der Waals surface area (Å²) in [6, 6.07) is 63.3. The number of hydrogen-bond acceptors (Lipinski definition) is 3. The van der Waals surface area contributed by atoms with Gasteiger partial charge in [0, 0.05) is 27.9 Å². The molecule has 7 aromatic carbocycles. The lowest BCUT2D eigenvalue weighted by molar-refractivity contribution is 1.05. The number of imidazole rings is 1. The Kier molecular flexibility index (Phi) is 8.83. The summed E-state index contributed by atoms with van der Waals surface area (Å²) in [6.07, 6.45) is 3.62. The van der Waals surface area contributed by atoms with Gasteiger partial charge in [-0.2, -0.15) is 0 Å². The zero-order valence-electron chi connectivity index (χ0n) is 30.2. The van der Waals surface area contributed by atoms with E-state index in [0.29, 0.717) is 5.82 Å². The van der Waals surface area contributed by atoms with Crippen molar-refractivity contribution in [3.05, 3.63) is 207 Å². The lowest BCUT2D eigenvalue weighted by atomic mass is 9.99. The highest BCUT2D eigenvalue weighted by Gasteiger charge is 2.17. The summed E-state index contributed by atoms with van der Waals surface area (Å²) in [6.45, 7) is 8.06. The molecule has 0 saturated carbocycles. The predicted octanol–water partition coefficient (Wildman–Crippen LogP) is 13.1. The highest BCUT2D eigenvalue weighted by atomic mass is 15.1. The summed E-state index contributed by atoms with van der Waals surface area (Å²) in [4.78, 5) is 15.3. The maximum atomic E-state index is 5.18. The molecule has 0 fully saturated rings. The van der Waals surface area contributed by atoms with Crippen LogP contribution in [0.15, 0.2) is 195 Å². The van der Waals surface area contributed by atoms with E-state index in [0.717, 1.165) is 78.4 Å². The maximum Gasteiger partial charge on any atom is 0.161 e. The molecule has 2 aromatic heterocycles. The Morgan fingerprint density at radius 3 is 1.49 bits per heavy atom. The third-order valence-electron chi connectivity index (χ3n) is 10.0. The Morgan fingerprint density at radius 1 is 0.418 bits per heavy atom. The zero-order chi connectivity index (χ0) is 37.1. The van der Waals surface area contributed by atoms with Crippen molar-refractivity contribution in [1.82, 2.24) is 19.5 Å². The zero-order valence-corrected chi connectivity index (χ0v) is 30.2. The van der Waals surface area contributed by atoms with Crippen LogP contribution in [-0.2, 0) is 0 Å². The molecule has 0 saturated heterocycles. The molecule has 9 aromatic rings. The van der Waals surface area contributed by atoms with Crippen molar-refractivity contribution in [3.63, 3.8) is 0 Å². The van der Waals surface area contributed by atoms with Crippen LogP contribution in [0.25, 0.3) is 96.2 Å². The highest BCUT2D eigenvalue weighted by molar-refractivity contribution is 5.95. The molecule has 0 amide bonds. The lowest BCUT2D eigenvalue weighted by Crippen LogP contribution is -1.99. The van der Waals surface area contributed by atoms with Gasteiger partial charge in [-0.25, -0.2) is 15.0 Å². The summed E-state index contributed by atoms with van der Waals surface area (Å²) in [5.41, 5.74) is 13.1. The van der Waals surface area contributed by atoms with Gasteiger partial charge in [0.15, 0.2) is 5.82 Å². The molecule has 0 unspecified atom stereocenters. The Hall–Kier alpha value is -7.43. The van der Waals surface area contributed by atoms with Crippen molar-refractivity contribution in [2.45, 2.75) is 0 Å². The smallest absolute Gasteiger partial charge is 0.161 e. The molecule has 4 heteroatoms. The molecule has 0 aliphatic rings. The molecule has 0 N–H and O–H groups in total. The first-order valence-corrected chi connectivity index (χ1v) is 18.3. The van der Waals surface area contributed by atoms with E-state index in [9.17, 15) is 0 Å². The van der Waals surface area contributed by atoms with Crippen LogP contribution in [0.5, 0.6) is 0 Å². The average molecular weight is 705 g/mol. The van der Waals surface area contributed by atoms with E-state index in [1.54, 1.807) is 6.08 Å². The quantitative estimate of drug-likeness (QED) is 0.150. The van der Waals surface area contributed by atoms with Crippen LogP contribution in [0.3, 0.4) is 0 Å². The number of fused-ring (bicyclic) bond motifs is 1. The summed E-state index contributed by atoms with van der Waals surface area (Å²) in [7, 11) is 0. The lowest BCUT2D eigenvalue weighted by Gasteiger charge is -2.12. The van der Waals surface area contributed by atoms with Gasteiger partial charge in [-0.05, 0) is 63.4 Å². The standard InChI is InChI=1S/C51H36N4/c1-3-46-49(4-2)55(43-18-9-6-10-19-43)51(54-46)42-32-26-38(27-33-42)37-24-30-41(31-25-37)48-34-47(40-28-22-36(23-29-40)35-14-7-5-8-15-35)52-50(53-48)45-21-13-17-39-16-11-12-20-44(39)45/h3-34H,1-2H2. The second kappa shape index (κ2) is 14.5. The molecule has 4 nitrogen and oxygen atoms in total. The molecule has 0 atom stereocenters. The fourth-order valence-corrected chi connectivity index (χ4v) is 7.22. The largest absolute Gasteiger partial charge is 0.292 e. The Bertz CT molecular complexity index is 2790. The van der Waals surface area contributed by atoms with Gasteiger partial charge in [0.05, 0.1) is 22.8 Å². The van der Waals surface area contributed by atoms with Gasteiger partial charge in [-0.3, -0.25) is 4.57 Å². The van der Waals surface area contributed by atoms with E-state index in [-0.39, 0.29) is 0 Å². The minimum Gasteiger partial charge on any atom is -0.292 e.